The summed E-state index contributed by atoms with van der Waals surface area (Å²) in [6.07, 6.45) is 1.89. The molecule has 0 fully saturated rings. The van der Waals surface area contributed by atoms with Gasteiger partial charge in [-0.05, 0) is 48.7 Å². The average Bonchev–Trinajstić information content (AvgIpc) is 2.64. The normalized spacial score (nSPS) is 13.1. The maximum Gasteiger partial charge on any atom is 0.313 e. The van der Waals surface area contributed by atoms with Gasteiger partial charge in [0.25, 0.3) is 5.91 Å². The number of methoxy groups -OCH3 is 1. The number of hydrogen-bond donors (Lipinski definition) is 1. The van der Waals surface area contributed by atoms with Crippen LogP contribution < -0.4 is 10.1 Å². The molecule has 140 valence electrons. The quantitative estimate of drug-likeness (QED) is 0.730. The number of carbonyl (C=O) groups excluding carboxylic acids is 2. The standard InChI is InChI=1S/C21H27NO4/c1-5-6-14(2)22-20(23)13-26-21(24)15(3)16-7-8-18-12-19(25-4)10-9-17(18)11-16/h7-12,14-15H,5-6,13H2,1-4H3,(H,22,23)/t14-,15-/m0/s1. The Kier molecular flexibility index (Phi) is 7.01. The fourth-order valence-electron chi connectivity index (χ4n) is 2.86. The van der Waals surface area contributed by atoms with Gasteiger partial charge in [0.15, 0.2) is 6.61 Å². The van der Waals surface area contributed by atoms with Crippen molar-refractivity contribution in [1.29, 1.82) is 0 Å². The highest BCUT2D eigenvalue weighted by atomic mass is 16.5. The van der Waals surface area contributed by atoms with Crippen molar-refractivity contribution in [1.82, 2.24) is 5.32 Å². The van der Waals surface area contributed by atoms with Crippen LogP contribution in [0.1, 0.15) is 45.1 Å². The summed E-state index contributed by atoms with van der Waals surface area (Å²) < 4.78 is 10.4. The van der Waals surface area contributed by atoms with Crippen LogP contribution in [-0.2, 0) is 14.3 Å². The molecular weight excluding hydrogens is 330 g/mol. The van der Waals surface area contributed by atoms with Crippen LogP contribution in [0.2, 0.25) is 0 Å². The van der Waals surface area contributed by atoms with Crippen LogP contribution in [0.15, 0.2) is 36.4 Å². The second-order valence-corrected chi connectivity index (χ2v) is 6.56. The summed E-state index contributed by atoms with van der Waals surface area (Å²) in [6, 6.07) is 11.7. The van der Waals surface area contributed by atoms with Crippen LogP contribution in [-0.4, -0.2) is 31.6 Å². The van der Waals surface area contributed by atoms with E-state index in [1.807, 2.05) is 43.3 Å². The summed E-state index contributed by atoms with van der Waals surface area (Å²) in [7, 11) is 1.63. The zero-order chi connectivity index (χ0) is 19.1. The molecule has 0 aromatic heterocycles. The lowest BCUT2D eigenvalue weighted by Gasteiger charge is -2.15. The molecule has 0 radical (unpaired) electrons. The Hall–Kier alpha value is -2.56. The van der Waals surface area contributed by atoms with E-state index in [9.17, 15) is 9.59 Å². The molecule has 0 saturated carbocycles. The Morgan fingerprint density at radius 2 is 1.77 bits per heavy atom. The second-order valence-electron chi connectivity index (χ2n) is 6.56. The van der Waals surface area contributed by atoms with Gasteiger partial charge in [-0.3, -0.25) is 9.59 Å². The monoisotopic (exact) mass is 357 g/mol. The lowest BCUT2D eigenvalue weighted by Crippen LogP contribution is -2.36. The van der Waals surface area contributed by atoms with Gasteiger partial charge in [0, 0.05) is 6.04 Å². The molecule has 2 aromatic carbocycles. The van der Waals surface area contributed by atoms with Gasteiger partial charge in [0.1, 0.15) is 5.75 Å². The van der Waals surface area contributed by atoms with E-state index in [1.54, 1.807) is 14.0 Å². The molecule has 0 spiro atoms. The van der Waals surface area contributed by atoms with E-state index in [4.69, 9.17) is 9.47 Å². The van der Waals surface area contributed by atoms with E-state index in [1.165, 1.54) is 0 Å². The molecule has 0 saturated heterocycles. The van der Waals surface area contributed by atoms with Crippen LogP contribution >= 0.6 is 0 Å². The molecule has 26 heavy (non-hydrogen) atoms. The lowest BCUT2D eigenvalue weighted by molar-refractivity contribution is -0.149. The van der Waals surface area contributed by atoms with Gasteiger partial charge in [-0.2, -0.15) is 0 Å². The van der Waals surface area contributed by atoms with Gasteiger partial charge in [0.2, 0.25) is 0 Å². The maximum atomic E-state index is 12.3. The Bertz CT molecular complexity index is 772. The number of nitrogens with one attached hydrogen (secondary N) is 1. The lowest BCUT2D eigenvalue weighted by atomic mass is 9.98. The Morgan fingerprint density at radius 1 is 1.08 bits per heavy atom. The van der Waals surface area contributed by atoms with Gasteiger partial charge < -0.3 is 14.8 Å². The summed E-state index contributed by atoms with van der Waals surface area (Å²) in [4.78, 5) is 24.1. The number of amides is 1. The van der Waals surface area contributed by atoms with E-state index in [2.05, 4.69) is 12.2 Å². The number of rotatable bonds is 8. The van der Waals surface area contributed by atoms with E-state index < -0.39 is 11.9 Å². The summed E-state index contributed by atoms with van der Waals surface area (Å²) in [5.74, 6) is -0.323. The Balaban J connectivity index is 1.97. The van der Waals surface area contributed by atoms with Crippen LogP contribution in [0.4, 0.5) is 0 Å². The average molecular weight is 357 g/mol. The predicted molar refractivity (Wildman–Crippen MR) is 102 cm³/mol. The third kappa shape index (κ3) is 5.22. The molecule has 2 atom stereocenters. The summed E-state index contributed by atoms with van der Waals surface area (Å²) in [5, 5.41) is 4.88. The molecule has 2 rings (SSSR count). The highest BCUT2D eigenvalue weighted by molar-refractivity contribution is 5.87. The minimum Gasteiger partial charge on any atom is -0.497 e. The van der Waals surface area contributed by atoms with Crippen LogP contribution in [0.25, 0.3) is 10.8 Å². The number of hydrogen-bond acceptors (Lipinski definition) is 4. The SMILES string of the molecule is CCC[C@H](C)NC(=O)COC(=O)[C@@H](C)c1ccc2cc(OC)ccc2c1. The minimum atomic E-state index is -0.442. The van der Waals surface area contributed by atoms with E-state index in [-0.39, 0.29) is 18.6 Å². The summed E-state index contributed by atoms with van der Waals surface area (Å²) >= 11 is 0. The van der Waals surface area contributed by atoms with Crippen molar-refractivity contribution in [3.05, 3.63) is 42.0 Å². The van der Waals surface area contributed by atoms with Gasteiger partial charge in [-0.25, -0.2) is 0 Å². The van der Waals surface area contributed by atoms with Crippen LogP contribution in [0, 0.1) is 0 Å². The highest BCUT2D eigenvalue weighted by Gasteiger charge is 2.19. The van der Waals surface area contributed by atoms with Crippen LogP contribution in [0.3, 0.4) is 0 Å². The third-order valence-corrected chi connectivity index (χ3v) is 4.40. The molecular formula is C21H27NO4. The number of fused-ring (bicyclic) bond motifs is 1. The molecule has 5 heteroatoms. The third-order valence-electron chi connectivity index (χ3n) is 4.40. The van der Waals surface area contributed by atoms with Crippen molar-refractivity contribution in [2.75, 3.05) is 13.7 Å². The molecule has 0 heterocycles. The van der Waals surface area contributed by atoms with E-state index in [0.29, 0.717) is 0 Å². The summed E-state index contributed by atoms with van der Waals surface area (Å²) in [5.41, 5.74) is 0.854. The van der Waals surface area contributed by atoms with E-state index in [0.717, 1.165) is 34.9 Å². The topological polar surface area (TPSA) is 64.6 Å². The zero-order valence-corrected chi connectivity index (χ0v) is 15.9. The first kappa shape index (κ1) is 19.8. The van der Waals surface area contributed by atoms with Gasteiger partial charge in [-0.1, -0.05) is 37.6 Å². The zero-order valence-electron chi connectivity index (χ0n) is 15.9. The number of esters is 1. The van der Waals surface area contributed by atoms with Crippen molar-refractivity contribution >= 4 is 22.6 Å². The Morgan fingerprint density at radius 3 is 2.46 bits per heavy atom. The van der Waals surface area contributed by atoms with Crippen molar-refractivity contribution < 1.29 is 19.1 Å². The van der Waals surface area contributed by atoms with Gasteiger partial charge >= 0.3 is 5.97 Å². The Labute approximate surface area is 154 Å². The maximum absolute atomic E-state index is 12.3. The van der Waals surface area contributed by atoms with Gasteiger partial charge in [0.05, 0.1) is 13.0 Å². The fraction of sp³-hybridized carbons (Fsp3) is 0.429. The number of carbonyl (C=O) groups is 2. The fourth-order valence-corrected chi connectivity index (χ4v) is 2.86. The largest absolute Gasteiger partial charge is 0.497 e. The molecule has 2 aromatic rings. The first-order valence-electron chi connectivity index (χ1n) is 8.98. The van der Waals surface area contributed by atoms with Crippen molar-refractivity contribution in [2.45, 2.75) is 45.6 Å². The van der Waals surface area contributed by atoms with Crippen molar-refractivity contribution in [2.24, 2.45) is 0 Å². The van der Waals surface area contributed by atoms with Crippen molar-refractivity contribution in [3.63, 3.8) is 0 Å². The van der Waals surface area contributed by atoms with E-state index >= 15 is 0 Å². The first-order chi connectivity index (χ1) is 12.4. The first-order valence-corrected chi connectivity index (χ1v) is 8.98. The molecule has 0 aliphatic carbocycles. The molecule has 1 amide bonds. The summed E-state index contributed by atoms with van der Waals surface area (Å²) in [6.45, 7) is 5.53. The molecule has 0 bridgehead atoms. The number of benzene rings is 2. The van der Waals surface area contributed by atoms with Gasteiger partial charge in [-0.15, -0.1) is 0 Å². The van der Waals surface area contributed by atoms with Crippen LogP contribution in [0.5, 0.6) is 5.75 Å². The number of ether oxygens (including phenoxy) is 2. The highest BCUT2D eigenvalue weighted by Crippen LogP contribution is 2.25. The molecule has 5 nitrogen and oxygen atoms in total. The molecule has 0 aliphatic rings. The van der Waals surface area contributed by atoms with Crippen molar-refractivity contribution in [3.8, 4) is 5.75 Å². The molecule has 1 N–H and O–H groups in total. The molecule has 0 unspecified atom stereocenters. The second kappa shape index (κ2) is 9.22. The smallest absolute Gasteiger partial charge is 0.313 e. The predicted octanol–water partition coefficient (Wildman–Crippen LogP) is 3.80. The minimum absolute atomic E-state index is 0.0844. The molecule has 0 aliphatic heterocycles.